The Balaban J connectivity index is 1.42. The molecule has 2 aromatic heterocycles. The van der Waals surface area contributed by atoms with Crippen LogP contribution in [0.4, 0.5) is 11.6 Å². The van der Waals surface area contributed by atoms with Crippen LogP contribution in [0.2, 0.25) is 5.02 Å². The second kappa shape index (κ2) is 8.10. The first-order chi connectivity index (χ1) is 14.3. The highest BCUT2D eigenvalue weighted by Crippen LogP contribution is 2.23. The molecule has 2 N–H and O–H groups in total. The number of imidazole rings is 1. The zero-order valence-corrected chi connectivity index (χ0v) is 18.2. The van der Waals surface area contributed by atoms with Crippen LogP contribution in [-0.2, 0) is 28.3 Å². The summed E-state index contributed by atoms with van der Waals surface area (Å²) < 4.78 is 29.1. The zero-order valence-electron chi connectivity index (χ0n) is 15.8. The van der Waals surface area contributed by atoms with Gasteiger partial charge < -0.3 is 4.57 Å². The number of rotatable bonds is 6. The molecule has 0 aliphatic rings. The average molecular weight is 461 g/mol. The Bertz CT molecular complexity index is 1310. The van der Waals surface area contributed by atoms with E-state index >= 15 is 0 Å². The van der Waals surface area contributed by atoms with E-state index in [0.29, 0.717) is 22.2 Å². The lowest BCUT2D eigenvalue weighted by atomic mass is 10.1. The van der Waals surface area contributed by atoms with E-state index in [2.05, 4.69) is 15.0 Å². The Morgan fingerprint density at radius 3 is 2.63 bits per heavy atom. The van der Waals surface area contributed by atoms with Crippen molar-refractivity contribution in [2.24, 2.45) is 7.05 Å². The molecule has 0 radical (unpaired) electrons. The number of nitrogens with one attached hydrogen (secondary N) is 2. The molecule has 2 aromatic carbocycles. The number of hydrogen-bond donors (Lipinski definition) is 2. The fraction of sp³-hybridized carbons (Fsp3) is 0.100. The zero-order chi connectivity index (χ0) is 21.3. The molecule has 0 unspecified atom stereocenters. The molecule has 0 aliphatic carbocycles. The monoisotopic (exact) mass is 460 g/mol. The Morgan fingerprint density at radius 2 is 1.93 bits per heavy atom. The third-order valence-electron chi connectivity index (χ3n) is 4.42. The second-order valence-corrected chi connectivity index (χ2v) is 9.88. The smallest absolute Gasteiger partial charge is 0.271 e. The van der Waals surface area contributed by atoms with Crippen molar-refractivity contribution in [2.75, 3.05) is 10.0 Å². The van der Waals surface area contributed by atoms with Crippen molar-refractivity contribution in [3.8, 4) is 0 Å². The molecule has 0 atom stereocenters. The molecule has 0 fully saturated rings. The van der Waals surface area contributed by atoms with Crippen LogP contribution in [0.1, 0.15) is 5.56 Å². The van der Waals surface area contributed by atoms with E-state index in [9.17, 15) is 13.2 Å². The van der Waals surface area contributed by atoms with Gasteiger partial charge in [-0.1, -0.05) is 29.8 Å². The molecule has 30 heavy (non-hydrogen) atoms. The number of anilines is 2. The van der Waals surface area contributed by atoms with Gasteiger partial charge in [-0.3, -0.25) is 14.8 Å². The van der Waals surface area contributed by atoms with Crippen LogP contribution < -0.4 is 10.0 Å². The maximum Gasteiger partial charge on any atom is 0.271 e. The molecule has 0 saturated heterocycles. The number of aromatic nitrogens is 2. The van der Waals surface area contributed by atoms with Crippen molar-refractivity contribution < 1.29 is 13.2 Å². The van der Waals surface area contributed by atoms with E-state index < -0.39 is 10.0 Å². The first-order valence-electron chi connectivity index (χ1n) is 8.89. The molecule has 0 bridgehead atoms. The Hall–Kier alpha value is -2.88. The fourth-order valence-corrected chi connectivity index (χ4v) is 5.17. The lowest BCUT2D eigenvalue weighted by Crippen LogP contribution is -2.17. The first kappa shape index (κ1) is 20.4. The number of nitrogens with zero attached hydrogens (tertiary/aromatic N) is 2. The quantitative estimate of drug-likeness (QED) is 0.449. The van der Waals surface area contributed by atoms with Crippen LogP contribution in [0.5, 0.6) is 0 Å². The van der Waals surface area contributed by atoms with Crippen molar-refractivity contribution in [2.45, 2.75) is 10.6 Å². The summed E-state index contributed by atoms with van der Waals surface area (Å²) in [6.07, 6.45) is 0.127. The lowest BCUT2D eigenvalue weighted by Gasteiger charge is -2.08. The van der Waals surface area contributed by atoms with Gasteiger partial charge in [0.2, 0.25) is 11.9 Å². The maximum atomic E-state index is 12.4. The molecule has 0 spiro atoms. The van der Waals surface area contributed by atoms with Crippen molar-refractivity contribution in [3.63, 3.8) is 0 Å². The number of amides is 1. The fourth-order valence-electron chi connectivity index (χ4n) is 2.95. The average Bonchev–Trinajstić information content (AvgIpc) is 3.33. The number of benzene rings is 2. The van der Waals surface area contributed by atoms with Gasteiger partial charge in [0.1, 0.15) is 4.21 Å². The molecule has 1 amide bonds. The number of carbonyl (C=O) groups excluding carboxylic acids is 1. The molecule has 7 nitrogen and oxygen atoms in total. The highest BCUT2D eigenvalue weighted by molar-refractivity contribution is 7.94. The number of fused-ring (bicyclic) bond motifs is 1. The predicted octanol–water partition coefficient (Wildman–Crippen LogP) is 4.27. The Kier molecular flexibility index (Phi) is 5.50. The minimum atomic E-state index is -3.60. The number of thiophene rings is 1. The minimum absolute atomic E-state index is 0.127. The Labute approximate surface area is 182 Å². The van der Waals surface area contributed by atoms with Crippen LogP contribution in [0.3, 0.4) is 0 Å². The van der Waals surface area contributed by atoms with E-state index in [-0.39, 0.29) is 16.5 Å². The summed E-state index contributed by atoms with van der Waals surface area (Å²) >= 11 is 7.14. The third-order valence-corrected chi connectivity index (χ3v) is 7.44. The van der Waals surface area contributed by atoms with E-state index in [1.807, 2.05) is 13.1 Å². The van der Waals surface area contributed by atoms with Crippen molar-refractivity contribution in [1.29, 1.82) is 0 Å². The van der Waals surface area contributed by atoms with Gasteiger partial charge in [0.05, 0.1) is 17.5 Å². The minimum Gasteiger partial charge on any atom is -0.313 e. The number of hydrogen-bond acceptors (Lipinski definition) is 5. The summed E-state index contributed by atoms with van der Waals surface area (Å²) in [5.74, 6) is 0.198. The highest BCUT2D eigenvalue weighted by atomic mass is 35.5. The summed E-state index contributed by atoms with van der Waals surface area (Å²) in [7, 11) is -1.79. The summed E-state index contributed by atoms with van der Waals surface area (Å²) in [4.78, 5) is 16.9. The van der Waals surface area contributed by atoms with Crippen molar-refractivity contribution in [3.05, 3.63) is 70.6 Å². The van der Waals surface area contributed by atoms with Gasteiger partial charge in [-0.05, 0) is 47.3 Å². The SMILES string of the molecule is Cn1c(NC(=O)Cc2ccc(NS(=O)(=O)c3cccs3)cc2)nc2cc(Cl)ccc21. The second-order valence-electron chi connectivity index (χ2n) is 6.59. The van der Waals surface area contributed by atoms with Gasteiger partial charge in [-0.25, -0.2) is 13.4 Å². The number of carbonyl (C=O) groups is 1. The van der Waals surface area contributed by atoms with Crippen molar-refractivity contribution in [1.82, 2.24) is 9.55 Å². The number of sulfonamides is 1. The molecule has 10 heteroatoms. The van der Waals surface area contributed by atoms with Gasteiger partial charge in [-0.2, -0.15) is 0 Å². The van der Waals surface area contributed by atoms with Crippen LogP contribution in [-0.4, -0.2) is 23.9 Å². The lowest BCUT2D eigenvalue weighted by molar-refractivity contribution is -0.115. The molecular weight excluding hydrogens is 444 g/mol. The standard InChI is InChI=1S/C20H17ClN4O3S2/c1-25-17-9-6-14(21)12-16(17)22-20(25)23-18(26)11-13-4-7-15(8-5-13)24-30(27,28)19-3-2-10-29-19/h2-10,12,24H,11H2,1H3,(H,22,23,26). The van der Waals surface area contributed by atoms with Crippen LogP contribution in [0.15, 0.2) is 64.2 Å². The van der Waals surface area contributed by atoms with Crippen molar-refractivity contribution >= 4 is 61.5 Å². The largest absolute Gasteiger partial charge is 0.313 e. The first-order valence-corrected chi connectivity index (χ1v) is 11.6. The highest BCUT2D eigenvalue weighted by Gasteiger charge is 2.15. The normalized spacial score (nSPS) is 11.5. The molecule has 0 saturated carbocycles. The van der Waals surface area contributed by atoms with Gasteiger partial charge in [-0.15, -0.1) is 11.3 Å². The van der Waals surface area contributed by atoms with Gasteiger partial charge in [0, 0.05) is 17.8 Å². The third kappa shape index (κ3) is 4.33. The topological polar surface area (TPSA) is 93.1 Å². The molecule has 4 rings (SSSR count). The number of halogens is 1. The summed E-state index contributed by atoms with van der Waals surface area (Å²) in [5, 5.41) is 5.08. The van der Waals surface area contributed by atoms with E-state index in [4.69, 9.17) is 11.6 Å². The molecule has 2 heterocycles. The van der Waals surface area contributed by atoms with E-state index in [0.717, 1.165) is 22.4 Å². The predicted molar refractivity (Wildman–Crippen MR) is 120 cm³/mol. The maximum absolute atomic E-state index is 12.4. The van der Waals surface area contributed by atoms with E-state index in [1.165, 1.54) is 0 Å². The molecule has 0 aliphatic heterocycles. The summed E-state index contributed by atoms with van der Waals surface area (Å²) in [6, 6.07) is 15.3. The van der Waals surface area contributed by atoms with Gasteiger partial charge >= 0.3 is 0 Å². The van der Waals surface area contributed by atoms with E-state index in [1.54, 1.807) is 58.5 Å². The molecular formula is C20H17ClN4O3S2. The summed E-state index contributed by atoms with van der Waals surface area (Å²) in [5.41, 5.74) is 2.73. The molecule has 154 valence electrons. The van der Waals surface area contributed by atoms with Crippen LogP contribution in [0.25, 0.3) is 11.0 Å². The summed E-state index contributed by atoms with van der Waals surface area (Å²) in [6.45, 7) is 0. The Morgan fingerprint density at radius 1 is 1.17 bits per heavy atom. The number of aryl methyl sites for hydroxylation is 1. The van der Waals surface area contributed by atoms with Crippen LogP contribution in [0, 0.1) is 0 Å². The van der Waals surface area contributed by atoms with Crippen LogP contribution >= 0.6 is 22.9 Å². The van der Waals surface area contributed by atoms with Gasteiger partial charge in [0.15, 0.2) is 0 Å². The molecule has 4 aromatic rings. The van der Waals surface area contributed by atoms with Gasteiger partial charge in [0.25, 0.3) is 10.0 Å².